The Morgan fingerprint density at radius 2 is 1.39 bits per heavy atom. The standard InChI is InChI=1S/C26H19Cl3FN3O12S/c1-42-31-12-21(30)24(44-26(35)15-4-8-17(9-5-15)33(38)39)22(13-43-25(34)14-2-6-16(7-3-14)32(36)37)45-46(40,41)23-11-19(28)18(27)10-20(23)29/h2-12,21-22,24H,13H2,1H3/b31-12+/t21-,22-,24+/m1/s1. The maximum Gasteiger partial charge on any atom is 0.338 e. The Labute approximate surface area is 273 Å². The fourth-order valence-electron chi connectivity index (χ4n) is 3.51. The highest BCUT2D eigenvalue weighted by atomic mass is 35.5. The van der Waals surface area contributed by atoms with Crippen LogP contribution >= 0.6 is 34.8 Å². The average molecular weight is 723 g/mol. The quantitative estimate of drug-likeness (QED) is 0.0499. The largest absolute Gasteiger partial charge is 0.459 e. The van der Waals surface area contributed by atoms with E-state index >= 15 is 4.39 Å². The summed E-state index contributed by atoms with van der Waals surface area (Å²) in [7, 11) is -3.97. The van der Waals surface area contributed by atoms with E-state index in [9.17, 15) is 38.2 Å². The van der Waals surface area contributed by atoms with Crippen molar-refractivity contribution in [3.63, 3.8) is 0 Å². The minimum Gasteiger partial charge on any atom is -0.459 e. The maximum absolute atomic E-state index is 15.6. The van der Waals surface area contributed by atoms with Crippen molar-refractivity contribution in [3.05, 3.63) is 107 Å². The topological polar surface area (TPSA) is 204 Å². The normalized spacial score (nSPS) is 13.4. The number of nitrogens with zero attached hydrogens (tertiary/aromatic N) is 3. The van der Waals surface area contributed by atoms with Crippen LogP contribution in [0.3, 0.4) is 0 Å². The minimum absolute atomic E-state index is 0.117. The number of halogens is 4. The summed E-state index contributed by atoms with van der Waals surface area (Å²) >= 11 is 17.9. The lowest BCUT2D eigenvalue weighted by Crippen LogP contribution is -2.45. The third-order valence-corrected chi connectivity index (χ3v) is 8.26. The van der Waals surface area contributed by atoms with Gasteiger partial charge < -0.3 is 14.3 Å². The van der Waals surface area contributed by atoms with Gasteiger partial charge in [-0.2, -0.15) is 8.42 Å². The molecule has 0 saturated heterocycles. The van der Waals surface area contributed by atoms with E-state index in [1.807, 2.05) is 0 Å². The number of alkyl halides is 1. The van der Waals surface area contributed by atoms with Crippen LogP contribution in [-0.4, -0.2) is 68.5 Å². The lowest BCUT2D eigenvalue weighted by molar-refractivity contribution is -0.385. The molecule has 0 fully saturated rings. The molecule has 0 aliphatic carbocycles. The second kappa shape index (κ2) is 15.7. The highest BCUT2D eigenvalue weighted by molar-refractivity contribution is 7.87. The number of nitro benzene ring substituents is 2. The van der Waals surface area contributed by atoms with Crippen molar-refractivity contribution in [2.45, 2.75) is 23.3 Å². The van der Waals surface area contributed by atoms with Crippen molar-refractivity contribution < 1.29 is 50.7 Å². The number of carbonyl (C=O) groups excluding carboxylic acids is 2. The van der Waals surface area contributed by atoms with Crippen LogP contribution < -0.4 is 0 Å². The summed E-state index contributed by atoms with van der Waals surface area (Å²) in [6.07, 6.45) is -6.41. The SMILES string of the molecule is CO/N=C/[C@@H](F)[C@H](OC(=O)c1ccc([N+](=O)[O-])cc1)[C@@H](COC(=O)c1ccc([N+](=O)[O-])cc1)OS(=O)(=O)c1cc(Cl)c(Cl)cc1Cl. The lowest BCUT2D eigenvalue weighted by Gasteiger charge is -2.27. The molecule has 0 amide bonds. The van der Waals surface area contributed by atoms with Gasteiger partial charge in [0.2, 0.25) is 0 Å². The Morgan fingerprint density at radius 3 is 1.89 bits per heavy atom. The van der Waals surface area contributed by atoms with E-state index < -0.39 is 66.8 Å². The molecule has 3 aromatic carbocycles. The highest BCUT2D eigenvalue weighted by Crippen LogP contribution is 2.33. The first-order valence-electron chi connectivity index (χ1n) is 12.3. The molecule has 0 spiro atoms. The third kappa shape index (κ3) is 9.30. The molecular weight excluding hydrogens is 704 g/mol. The zero-order valence-electron chi connectivity index (χ0n) is 23.0. The van der Waals surface area contributed by atoms with Gasteiger partial charge >= 0.3 is 11.9 Å². The zero-order valence-corrected chi connectivity index (χ0v) is 26.0. The maximum atomic E-state index is 15.6. The van der Waals surface area contributed by atoms with Crippen LogP contribution in [0, 0.1) is 20.2 Å². The third-order valence-electron chi connectivity index (χ3n) is 5.73. The number of non-ortho nitro benzene ring substituents is 2. The first-order valence-corrected chi connectivity index (χ1v) is 14.8. The Morgan fingerprint density at radius 1 is 0.891 bits per heavy atom. The van der Waals surface area contributed by atoms with Crippen molar-refractivity contribution in [2.75, 3.05) is 13.7 Å². The van der Waals surface area contributed by atoms with Gasteiger partial charge in [-0.15, -0.1) is 0 Å². The van der Waals surface area contributed by atoms with Gasteiger partial charge in [-0.3, -0.25) is 24.4 Å². The van der Waals surface area contributed by atoms with Crippen LogP contribution in [-0.2, 0) is 28.6 Å². The second-order valence-electron chi connectivity index (χ2n) is 8.74. The molecule has 3 atom stereocenters. The minimum atomic E-state index is -5.02. The lowest BCUT2D eigenvalue weighted by atomic mass is 10.1. The van der Waals surface area contributed by atoms with E-state index in [0.29, 0.717) is 6.21 Å². The molecule has 0 N–H and O–H groups in total. The molecule has 3 aromatic rings. The number of nitro groups is 2. The van der Waals surface area contributed by atoms with E-state index in [4.69, 9.17) is 48.5 Å². The number of hydrogen-bond acceptors (Lipinski definition) is 13. The van der Waals surface area contributed by atoms with Gasteiger partial charge in [0, 0.05) is 24.3 Å². The van der Waals surface area contributed by atoms with Gasteiger partial charge in [0.15, 0.2) is 18.4 Å². The first kappa shape index (κ1) is 36.1. The molecule has 20 heteroatoms. The zero-order chi connectivity index (χ0) is 34.2. The Bertz CT molecular complexity index is 1760. The molecule has 15 nitrogen and oxygen atoms in total. The highest BCUT2D eigenvalue weighted by Gasteiger charge is 2.39. The van der Waals surface area contributed by atoms with E-state index in [1.165, 1.54) is 0 Å². The first-order chi connectivity index (χ1) is 21.6. The van der Waals surface area contributed by atoms with Gasteiger partial charge in [0.25, 0.3) is 21.5 Å². The predicted octanol–water partition coefficient (Wildman–Crippen LogP) is 5.59. The van der Waals surface area contributed by atoms with Crippen LogP contribution in [0.25, 0.3) is 0 Å². The number of ether oxygens (including phenoxy) is 2. The van der Waals surface area contributed by atoms with Crippen LogP contribution in [0.2, 0.25) is 15.1 Å². The summed E-state index contributed by atoms with van der Waals surface area (Å²) in [5, 5.41) is 24.3. The molecule has 3 rings (SSSR count). The summed E-state index contributed by atoms with van der Waals surface area (Å²) in [4.78, 5) is 49.9. The van der Waals surface area contributed by atoms with Crippen molar-refractivity contribution in [1.82, 2.24) is 0 Å². The van der Waals surface area contributed by atoms with E-state index in [1.54, 1.807) is 0 Å². The number of rotatable bonds is 14. The van der Waals surface area contributed by atoms with Crippen molar-refractivity contribution in [2.24, 2.45) is 5.16 Å². The van der Waals surface area contributed by atoms with Crippen LogP contribution in [0.1, 0.15) is 20.7 Å². The summed E-state index contributed by atoms with van der Waals surface area (Å²) in [5.74, 6) is -2.46. The monoisotopic (exact) mass is 721 g/mol. The molecule has 0 saturated carbocycles. The van der Waals surface area contributed by atoms with E-state index in [2.05, 4.69) is 9.99 Å². The van der Waals surface area contributed by atoms with Gasteiger partial charge in [0.1, 0.15) is 18.6 Å². The second-order valence-corrected chi connectivity index (χ2v) is 11.5. The summed E-state index contributed by atoms with van der Waals surface area (Å²) in [6.45, 7) is -1.10. The van der Waals surface area contributed by atoms with Gasteiger partial charge in [-0.1, -0.05) is 40.0 Å². The van der Waals surface area contributed by atoms with E-state index in [-0.39, 0.29) is 32.5 Å². The van der Waals surface area contributed by atoms with Gasteiger partial charge in [-0.05, 0) is 36.4 Å². The molecule has 0 radical (unpaired) electrons. The Balaban J connectivity index is 2.02. The van der Waals surface area contributed by atoms with Gasteiger partial charge in [0.05, 0.1) is 42.3 Å². The smallest absolute Gasteiger partial charge is 0.338 e. The van der Waals surface area contributed by atoms with Crippen molar-refractivity contribution in [1.29, 1.82) is 0 Å². The molecule has 46 heavy (non-hydrogen) atoms. The number of benzene rings is 3. The molecule has 0 aromatic heterocycles. The summed E-state index contributed by atoms with van der Waals surface area (Å²) < 4.78 is 57.8. The molecule has 0 aliphatic rings. The number of oxime groups is 1. The fraction of sp³-hybridized carbons (Fsp3) is 0.192. The van der Waals surface area contributed by atoms with Crippen LogP contribution in [0.4, 0.5) is 15.8 Å². The molecule has 0 bridgehead atoms. The number of carbonyl (C=O) groups is 2. The molecule has 0 aliphatic heterocycles. The average Bonchev–Trinajstić information content (AvgIpc) is 3.02. The summed E-state index contributed by atoms with van der Waals surface area (Å²) in [5.41, 5.74) is -1.27. The predicted molar refractivity (Wildman–Crippen MR) is 160 cm³/mol. The molecule has 244 valence electrons. The number of hydrogen-bond donors (Lipinski definition) is 0. The number of esters is 2. The fourth-order valence-corrected chi connectivity index (χ4v) is 5.56. The summed E-state index contributed by atoms with van der Waals surface area (Å²) in [6, 6.07) is 9.79. The van der Waals surface area contributed by atoms with Crippen molar-refractivity contribution in [3.8, 4) is 0 Å². The van der Waals surface area contributed by atoms with Crippen molar-refractivity contribution >= 4 is 74.4 Å². The molecular formula is C26H19Cl3FN3O12S. The Kier molecular flexibility index (Phi) is 12.3. The molecule has 0 heterocycles. The van der Waals surface area contributed by atoms with Crippen LogP contribution in [0.5, 0.6) is 0 Å². The molecule has 0 unspecified atom stereocenters. The van der Waals surface area contributed by atoms with Gasteiger partial charge in [-0.25, -0.2) is 14.0 Å². The van der Waals surface area contributed by atoms with Crippen LogP contribution in [0.15, 0.2) is 70.7 Å². The van der Waals surface area contributed by atoms with E-state index in [0.717, 1.165) is 67.8 Å². The Hall–Kier alpha value is -4.42.